The predicted molar refractivity (Wildman–Crippen MR) is 132 cm³/mol. The zero-order chi connectivity index (χ0) is 23.0. The summed E-state index contributed by atoms with van der Waals surface area (Å²) in [6.07, 6.45) is 4.90. The van der Waals surface area contributed by atoms with Crippen LogP contribution in [0.3, 0.4) is 0 Å². The number of hydrogen-bond acceptors (Lipinski definition) is 3. The molecule has 2 heterocycles. The van der Waals surface area contributed by atoms with Crippen molar-refractivity contribution >= 4 is 16.9 Å². The molecule has 0 bridgehead atoms. The van der Waals surface area contributed by atoms with Gasteiger partial charge < -0.3 is 14.2 Å². The third-order valence-corrected chi connectivity index (χ3v) is 6.96. The zero-order valence-corrected chi connectivity index (χ0v) is 20.1. The van der Waals surface area contributed by atoms with Gasteiger partial charge in [-0.2, -0.15) is 0 Å². The summed E-state index contributed by atoms with van der Waals surface area (Å²) in [7, 11) is 0. The van der Waals surface area contributed by atoms with Gasteiger partial charge in [-0.25, -0.2) is 4.98 Å². The first-order valence-electron chi connectivity index (χ1n) is 12.4. The van der Waals surface area contributed by atoms with Gasteiger partial charge >= 0.3 is 0 Å². The molecule has 2 aromatic carbocycles. The van der Waals surface area contributed by atoms with Crippen LogP contribution >= 0.6 is 0 Å². The van der Waals surface area contributed by atoms with Crippen LogP contribution in [0.2, 0.25) is 0 Å². The molecule has 0 N–H and O–H groups in total. The first kappa shape index (κ1) is 22.0. The van der Waals surface area contributed by atoms with Crippen molar-refractivity contribution in [1.29, 1.82) is 0 Å². The Hall–Kier alpha value is -2.82. The molecule has 1 unspecified atom stereocenters. The van der Waals surface area contributed by atoms with Gasteiger partial charge in [0.25, 0.3) is 0 Å². The van der Waals surface area contributed by atoms with Crippen LogP contribution in [-0.4, -0.2) is 39.6 Å². The number of ether oxygens (including phenoxy) is 1. The first-order valence-corrected chi connectivity index (χ1v) is 12.4. The minimum absolute atomic E-state index is 0.156. The quantitative estimate of drug-likeness (QED) is 0.420. The van der Waals surface area contributed by atoms with Crippen molar-refractivity contribution in [2.45, 2.75) is 76.8 Å². The van der Waals surface area contributed by atoms with Crippen molar-refractivity contribution < 1.29 is 9.53 Å². The van der Waals surface area contributed by atoms with Crippen molar-refractivity contribution in [2.24, 2.45) is 0 Å². The maximum Gasteiger partial charge on any atom is 0.223 e. The van der Waals surface area contributed by atoms with Crippen LogP contribution in [0, 0.1) is 0 Å². The normalized spacial score (nSPS) is 18.9. The van der Waals surface area contributed by atoms with E-state index in [1.165, 1.54) is 11.1 Å². The Labute approximate surface area is 196 Å². The molecule has 174 valence electrons. The van der Waals surface area contributed by atoms with Gasteiger partial charge in [0.2, 0.25) is 5.91 Å². The van der Waals surface area contributed by atoms with Crippen molar-refractivity contribution in [3.8, 4) is 5.75 Å². The minimum Gasteiger partial charge on any atom is -0.494 e. The van der Waals surface area contributed by atoms with Gasteiger partial charge in [-0.15, -0.1) is 0 Å². The number of hydrogen-bond donors (Lipinski definition) is 0. The van der Waals surface area contributed by atoms with Gasteiger partial charge in [-0.3, -0.25) is 4.79 Å². The molecular formula is C28H35N3O2. The largest absolute Gasteiger partial charge is 0.494 e. The van der Waals surface area contributed by atoms with E-state index in [1.54, 1.807) is 0 Å². The molecule has 33 heavy (non-hydrogen) atoms. The monoisotopic (exact) mass is 445 g/mol. The van der Waals surface area contributed by atoms with Crippen molar-refractivity contribution in [1.82, 2.24) is 14.5 Å². The number of likely N-dealkylation sites (tertiary alicyclic amines) is 1. The molecule has 1 atom stereocenters. The SMILES string of the molecule is CC(C)(C)c1ccc(OCCCCn2c(C3CC(=O)N(C4CC4)C3)nc3ccccc32)cc1. The summed E-state index contributed by atoms with van der Waals surface area (Å²) in [4.78, 5) is 19.6. The van der Waals surface area contributed by atoms with Crippen molar-refractivity contribution in [2.75, 3.05) is 13.2 Å². The average Bonchev–Trinajstić information content (AvgIpc) is 3.46. The van der Waals surface area contributed by atoms with Gasteiger partial charge in [-0.1, -0.05) is 45.0 Å². The highest BCUT2D eigenvalue weighted by Gasteiger charge is 2.41. The molecule has 0 radical (unpaired) electrons. The fourth-order valence-electron chi connectivity index (χ4n) is 4.90. The standard InChI is InChI=1S/C28H35N3O2/c1-28(2,3)21-10-14-23(15-11-21)33-17-7-6-16-30-25-9-5-4-8-24(25)29-27(30)20-18-26(32)31(19-20)22-12-13-22/h4-5,8-11,14-15,20,22H,6-7,12-13,16-19H2,1-3H3. The highest BCUT2D eigenvalue weighted by molar-refractivity contribution is 5.81. The second kappa shape index (κ2) is 8.85. The molecule has 1 aliphatic carbocycles. The third-order valence-electron chi connectivity index (χ3n) is 6.96. The molecule has 1 saturated heterocycles. The summed E-state index contributed by atoms with van der Waals surface area (Å²) in [5.74, 6) is 2.50. The van der Waals surface area contributed by atoms with Gasteiger partial charge in [0.1, 0.15) is 11.6 Å². The van der Waals surface area contributed by atoms with Crippen LogP contribution in [0.5, 0.6) is 5.75 Å². The summed E-state index contributed by atoms with van der Waals surface area (Å²) in [5.41, 5.74) is 3.67. The van der Waals surface area contributed by atoms with Crippen LogP contribution in [0.15, 0.2) is 48.5 Å². The minimum atomic E-state index is 0.156. The number of unbranched alkanes of at least 4 members (excludes halogenated alkanes) is 1. The zero-order valence-electron chi connectivity index (χ0n) is 20.1. The van der Waals surface area contributed by atoms with Crippen LogP contribution in [0.25, 0.3) is 11.0 Å². The lowest BCUT2D eigenvalue weighted by Crippen LogP contribution is -2.27. The number of imidazole rings is 1. The summed E-state index contributed by atoms with van der Waals surface area (Å²) < 4.78 is 8.34. The van der Waals surface area contributed by atoms with Crippen LogP contribution in [-0.2, 0) is 16.8 Å². The molecule has 1 saturated carbocycles. The summed E-state index contributed by atoms with van der Waals surface area (Å²) in [6, 6.07) is 17.3. The lowest BCUT2D eigenvalue weighted by atomic mass is 9.87. The fourth-order valence-corrected chi connectivity index (χ4v) is 4.90. The van der Waals surface area contributed by atoms with Gasteiger partial charge in [0.15, 0.2) is 0 Å². The Balaban J connectivity index is 1.21. The molecule has 1 amide bonds. The number of aryl methyl sites for hydroxylation is 1. The lowest BCUT2D eigenvalue weighted by Gasteiger charge is -2.19. The lowest BCUT2D eigenvalue weighted by molar-refractivity contribution is -0.128. The van der Waals surface area contributed by atoms with Gasteiger partial charge in [-0.05, 0) is 60.9 Å². The molecule has 1 aliphatic heterocycles. The molecule has 5 nitrogen and oxygen atoms in total. The van der Waals surface area contributed by atoms with E-state index in [0.29, 0.717) is 25.0 Å². The highest BCUT2D eigenvalue weighted by Crippen LogP contribution is 2.37. The number of nitrogens with zero attached hydrogens (tertiary/aromatic N) is 3. The molecule has 3 aromatic rings. The van der Waals surface area contributed by atoms with E-state index < -0.39 is 0 Å². The van der Waals surface area contributed by atoms with E-state index in [-0.39, 0.29) is 11.3 Å². The topological polar surface area (TPSA) is 47.4 Å². The number of carbonyl (C=O) groups excluding carboxylic acids is 1. The Morgan fingerprint density at radius 2 is 1.79 bits per heavy atom. The third kappa shape index (κ3) is 4.78. The summed E-state index contributed by atoms with van der Waals surface area (Å²) in [5, 5.41) is 0. The van der Waals surface area contributed by atoms with E-state index in [2.05, 4.69) is 72.7 Å². The van der Waals surface area contributed by atoms with E-state index >= 15 is 0 Å². The first-order chi connectivity index (χ1) is 15.9. The maximum absolute atomic E-state index is 12.5. The molecule has 0 spiro atoms. The predicted octanol–water partition coefficient (Wildman–Crippen LogP) is 5.67. The number of rotatable bonds is 8. The molecule has 2 fully saturated rings. The fraction of sp³-hybridized carbons (Fsp3) is 0.500. The van der Waals surface area contributed by atoms with E-state index in [1.807, 2.05) is 6.07 Å². The molecule has 2 aliphatic rings. The molecule has 5 rings (SSSR count). The number of amides is 1. The van der Waals surface area contributed by atoms with E-state index in [4.69, 9.17) is 9.72 Å². The Bertz CT molecular complexity index is 1120. The molecule has 5 heteroatoms. The number of benzene rings is 2. The van der Waals surface area contributed by atoms with Crippen molar-refractivity contribution in [3.05, 3.63) is 59.9 Å². The maximum atomic E-state index is 12.5. The van der Waals surface area contributed by atoms with E-state index in [0.717, 1.165) is 55.9 Å². The average molecular weight is 446 g/mol. The molecule has 1 aromatic heterocycles. The number of fused-ring (bicyclic) bond motifs is 1. The Morgan fingerprint density at radius 1 is 1.03 bits per heavy atom. The smallest absolute Gasteiger partial charge is 0.223 e. The van der Waals surface area contributed by atoms with Crippen molar-refractivity contribution in [3.63, 3.8) is 0 Å². The number of para-hydroxylation sites is 2. The van der Waals surface area contributed by atoms with E-state index in [9.17, 15) is 4.79 Å². The second-order valence-corrected chi connectivity index (χ2v) is 10.6. The number of aromatic nitrogens is 2. The van der Waals surface area contributed by atoms with Crippen LogP contribution < -0.4 is 4.74 Å². The Kier molecular flexibility index (Phi) is 5.90. The summed E-state index contributed by atoms with van der Waals surface area (Å²) >= 11 is 0. The molecular weight excluding hydrogens is 410 g/mol. The van der Waals surface area contributed by atoms with Crippen LogP contribution in [0.4, 0.5) is 0 Å². The number of carbonyl (C=O) groups is 1. The summed E-state index contributed by atoms with van der Waals surface area (Å²) in [6.45, 7) is 9.09. The highest BCUT2D eigenvalue weighted by atomic mass is 16.5. The van der Waals surface area contributed by atoms with Gasteiger partial charge in [0.05, 0.1) is 17.6 Å². The van der Waals surface area contributed by atoms with Crippen LogP contribution in [0.1, 0.15) is 70.2 Å². The van der Waals surface area contributed by atoms with Gasteiger partial charge in [0, 0.05) is 31.5 Å². The Morgan fingerprint density at radius 3 is 2.52 bits per heavy atom. The second-order valence-electron chi connectivity index (χ2n) is 10.6.